The number of halogens is 1. The molecule has 0 spiro atoms. The molecule has 2 heterocycles. The highest BCUT2D eigenvalue weighted by atomic mass is 35.5. The minimum atomic E-state index is -0.363. The summed E-state index contributed by atoms with van der Waals surface area (Å²) in [5, 5.41) is 0.447. The Morgan fingerprint density at radius 3 is 2.32 bits per heavy atom. The Kier molecular flexibility index (Phi) is 8.35. The molecule has 2 saturated carbocycles. The van der Waals surface area contributed by atoms with Crippen LogP contribution in [0.5, 0.6) is 5.75 Å². The molecule has 2 aliphatic rings. The third-order valence-electron chi connectivity index (χ3n) is 5.06. The molecule has 0 amide bonds. The molecule has 2 aromatic heterocycles. The molecule has 34 heavy (non-hydrogen) atoms. The quantitative estimate of drug-likeness (QED) is 0.332. The number of H-pyrrole nitrogens is 1. The number of para-hydroxylation sites is 1. The number of benzene rings is 1. The van der Waals surface area contributed by atoms with Crippen LogP contribution in [0.2, 0.25) is 5.02 Å². The Labute approximate surface area is 202 Å². The van der Waals surface area contributed by atoms with Crippen molar-refractivity contribution >= 4 is 28.7 Å². The number of hydrogen-bond donors (Lipinski definition) is 1. The van der Waals surface area contributed by atoms with Gasteiger partial charge in [0.25, 0.3) is 5.56 Å². The van der Waals surface area contributed by atoms with E-state index in [4.69, 9.17) is 16.3 Å². The van der Waals surface area contributed by atoms with E-state index in [1.54, 1.807) is 28.8 Å². The fourth-order valence-corrected chi connectivity index (χ4v) is 3.51. The van der Waals surface area contributed by atoms with Crippen LogP contribution in [0.1, 0.15) is 77.7 Å². The molecule has 0 unspecified atom stereocenters. The number of nitrogens with zero attached hydrogens (tertiary/aromatic N) is 3. The van der Waals surface area contributed by atoms with Crippen molar-refractivity contribution < 1.29 is 9.53 Å². The van der Waals surface area contributed by atoms with Gasteiger partial charge in [-0.15, -0.1) is 0 Å². The molecule has 1 N–H and O–H groups in total. The van der Waals surface area contributed by atoms with E-state index in [1.165, 1.54) is 11.5 Å². The van der Waals surface area contributed by atoms with Crippen molar-refractivity contribution in [1.29, 1.82) is 0 Å². The van der Waals surface area contributed by atoms with Gasteiger partial charge in [0, 0.05) is 25.4 Å². The lowest BCUT2D eigenvalue weighted by Crippen LogP contribution is -2.39. The number of ether oxygens (including phenoxy) is 1. The molecule has 0 aliphatic heterocycles. The molecule has 0 atom stereocenters. The van der Waals surface area contributed by atoms with Crippen LogP contribution in [0.25, 0.3) is 11.2 Å². The number of esters is 1. The molecule has 0 saturated heterocycles. The average molecular weight is 485 g/mol. The second-order valence-corrected chi connectivity index (χ2v) is 8.16. The van der Waals surface area contributed by atoms with Crippen LogP contribution in [0.4, 0.5) is 0 Å². The first-order valence-electron chi connectivity index (χ1n) is 11.6. The third kappa shape index (κ3) is 5.78. The number of carbonyl (C=O) groups excluding carboxylic acids is 1. The first kappa shape index (κ1) is 25.3. The molecule has 3 aromatic rings. The van der Waals surface area contributed by atoms with Crippen LogP contribution in [-0.4, -0.2) is 25.1 Å². The number of fused-ring (bicyclic) bond motifs is 1. The smallest absolute Gasteiger partial charge is 0.333 e. The minimum absolute atomic E-state index is 0.0628. The van der Waals surface area contributed by atoms with Gasteiger partial charge in [-0.2, -0.15) is 0 Å². The standard InChI is InChI=1S/C15H16N4O2.C8H7ClO2.C2H6/c1-2-3-4-11-16-12-13(17-11)18(9-5-6-9)15(21)19(14(12)20)10-7-8-10;1-6(10)11-8-5-3-2-4-7(8)9;1-2/h9-10H,2,5-8H2,1H3,(H,16,17);2-5H,1H3;1-2H3. The van der Waals surface area contributed by atoms with Crippen LogP contribution < -0.4 is 16.0 Å². The van der Waals surface area contributed by atoms with Gasteiger partial charge in [-0.3, -0.25) is 18.7 Å². The summed E-state index contributed by atoms with van der Waals surface area (Å²) < 4.78 is 7.86. The van der Waals surface area contributed by atoms with Crippen molar-refractivity contribution in [1.82, 2.24) is 19.1 Å². The fraction of sp³-hybridized carbons (Fsp3) is 0.440. The lowest BCUT2D eigenvalue weighted by Gasteiger charge is -2.09. The van der Waals surface area contributed by atoms with Crippen molar-refractivity contribution in [2.75, 3.05) is 0 Å². The van der Waals surface area contributed by atoms with E-state index in [0.29, 0.717) is 27.8 Å². The summed E-state index contributed by atoms with van der Waals surface area (Å²) in [6, 6.07) is 7.08. The Balaban J connectivity index is 0.000000212. The lowest BCUT2D eigenvalue weighted by molar-refractivity contribution is -0.131. The van der Waals surface area contributed by atoms with Gasteiger partial charge in [0.2, 0.25) is 0 Å². The predicted octanol–water partition coefficient (Wildman–Crippen LogP) is 4.61. The third-order valence-corrected chi connectivity index (χ3v) is 5.37. The molecule has 1 aromatic carbocycles. The van der Waals surface area contributed by atoms with Gasteiger partial charge in [-0.25, -0.2) is 9.78 Å². The molecule has 2 fully saturated rings. The van der Waals surface area contributed by atoms with Crippen molar-refractivity contribution in [3.63, 3.8) is 0 Å². The van der Waals surface area contributed by atoms with Gasteiger partial charge in [-0.1, -0.05) is 50.4 Å². The van der Waals surface area contributed by atoms with Crippen LogP contribution >= 0.6 is 11.6 Å². The second kappa shape index (κ2) is 11.2. The number of rotatable bonds is 3. The van der Waals surface area contributed by atoms with Crippen LogP contribution in [-0.2, 0) is 4.79 Å². The number of imidazole rings is 1. The second-order valence-electron chi connectivity index (χ2n) is 7.75. The number of hydrogen-bond acceptors (Lipinski definition) is 5. The highest BCUT2D eigenvalue weighted by Gasteiger charge is 2.34. The summed E-state index contributed by atoms with van der Waals surface area (Å²) >= 11 is 5.69. The zero-order valence-electron chi connectivity index (χ0n) is 19.9. The van der Waals surface area contributed by atoms with E-state index in [1.807, 2.05) is 20.8 Å². The molecular weight excluding hydrogens is 456 g/mol. The maximum Gasteiger partial charge on any atom is 0.333 e. The fourth-order valence-electron chi connectivity index (χ4n) is 3.33. The molecule has 2 aliphatic carbocycles. The molecule has 180 valence electrons. The highest BCUT2D eigenvalue weighted by molar-refractivity contribution is 6.32. The molecular formula is C25H29ClN4O4. The largest absolute Gasteiger partial charge is 0.425 e. The summed E-state index contributed by atoms with van der Waals surface area (Å²) in [6.45, 7) is 7.29. The Morgan fingerprint density at radius 2 is 1.76 bits per heavy atom. The first-order valence-corrected chi connectivity index (χ1v) is 12.0. The zero-order chi connectivity index (χ0) is 24.8. The summed E-state index contributed by atoms with van der Waals surface area (Å²) in [7, 11) is 0. The number of carbonyl (C=O) groups is 1. The molecule has 0 radical (unpaired) electrons. The SMILES string of the molecule is CC.CC(=O)Oc1ccccc1Cl.CCC#Cc1nc2c([nH]1)c(=O)n(C1CC1)c(=O)n2C1CC1. The zero-order valence-corrected chi connectivity index (χ0v) is 20.6. The summed E-state index contributed by atoms with van der Waals surface area (Å²) in [5.74, 6) is 6.34. The van der Waals surface area contributed by atoms with E-state index < -0.39 is 0 Å². The molecule has 9 heteroatoms. The monoisotopic (exact) mass is 484 g/mol. The average Bonchev–Trinajstić information content (AvgIpc) is 3.75. The van der Waals surface area contributed by atoms with Crippen molar-refractivity contribution in [3.05, 3.63) is 56.0 Å². The Hall–Kier alpha value is -3.31. The first-order chi connectivity index (χ1) is 16.4. The van der Waals surface area contributed by atoms with E-state index in [-0.39, 0.29) is 29.3 Å². The molecule has 8 nitrogen and oxygen atoms in total. The summed E-state index contributed by atoms with van der Waals surface area (Å²) in [5.41, 5.74) is 0.407. The van der Waals surface area contributed by atoms with Gasteiger partial charge in [0.1, 0.15) is 5.75 Å². The van der Waals surface area contributed by atoms with Crippen molar-refractivity contribution in [2.24, 2.45) is 0 Å². The maximum absolute atomic E-state index is 12.6. The van der Waals surface area contributed by atoms with Crippen molar-refractivity contribution in [3.8, 4) is 17.6 Å². The molecule has 5 rings (SSSR count). The van der Waals surface area contributed by atoms with Crippen LogP contribution in [0.3, 0.4) is 0 Å². The summed E-state index contributed by atoms with van der Waals surface area (Å²) in [4.78, 5) is 43.0. The van der Waals surface area contributed by atoms with Gasteiger partial charge < -0.3 is 9.72 Å². The predicted molar refractivity (Wildman–Crippen MR) is 132 cm³/mol. The van der Waals surface area contributed by atoms with Crippen LogP contribution in [0, 0.1) is 11.8 Å². The highest BCUT2D eigenvalue weighted by Crippen LogP contribution is 2.36. The summed E-state index contributed by atoms with van der Waals surface area (Å²) in [6.07, 6.45) is 4.48. The Bertz CT molecular complexity index is 1350. The number of nitrogens with one attached hydrogen (secondary N) is 1. The van der Waals surface area contributed by atoms with Crippen molar-refractivity contribution in [2.45, 2.75) is 71.9 Å². The van der Waals surface area contributed by atoms with E-state index >= 15 is 0 Å². The van der Waals surface area contributed by atoms with E-state index in [0.717, 1.165) is 32.1 Å². The topological polar surface area (TPSA) is 99.0 Å². The minimum Gasteiger partial charge on any atom is -0.425 e. The molecule has 0 bridgehead atoms. The van der Waals surface area contributed by atoms with E-state index in [2.05, 4.69) is 21.8 Å². The van der Waals surface area contributed by atoms with Gasteiger partial charge in [0.05, 0.1) is 5.02 Å². The van der Waals surface area contributed by atoms with Gasteiger partial charge >= 0.3 is 11.7 Å². The number of aromatic amines is 1. The maximum atomic E-state index is 12.6. The van der Waals surface area contributed by atoms with Gasteiger partial charge in [-0.05, 0) is 43.7 Å². The van der Waals surface area contributed by atoms with Crippen LogP contribution in [0.15, 0.2) is 33.9 Å². The van der Waals surface area contributed by atoms with Gasteiger partial charge in [0.15, 0.2) is 17.0 Å². The lowest BCUT2D eigenvalue weighted by atomic mass is 10.3. The van der Waals surface area contributed by atoms with E-state index in [9.17, 15) is 14.4 Å². The number of aromatic nitrogens is 4. The Morgan fingerprint density at radius 1 is 1.15 bits per heavy atom. The normalized spacial score (nSPS) is 14.1.